The lowest BCUT2D eigenvalue weighted by molar-refractivity contribution is -0.0164. The van der Waals surface area contributed by atoms with Crippen LogP contribution in [-0.4, -0.2) is 46.7 Å². The Bertz CT molecular complexity index is 589. The molecule has 3 rings (SSSR count). The fourth-order valence-electron chi connectivity index (χ4n) is 2.46. The van der Waals surface area contributed by atoms with Gasteiger partial charge in [0.2, 0.25) is 0 Å². The Labute approximate surface area is 128 Å². The Morgan fingerprint density at radius 3 is 3.14 bits per heavy atom. The zero-order valence-corrected chi connectivity index (χ0v) is 13.1. The van der Waals surface area contributed by atoms with Crippen LogP contribution in [0.25, 0.3) is 0 Å². The molecule has 0 aliphatic carbocycles. The molecule has 21 heavy (non-hydrogen) atoms. The number of hydrogen-bond donors (Lipinski definition) is 1. The molecule has 1 N–H and O–H groups in total. The van der Waals surface area contributed by atoms with Gasteiger partial charge in [-0.05, 0) is 6.92 Å². The highest BCUT2D eigenvalue weighted by atomic mass is 32.1. The number of ether oxygens (including phenoxy) is 1. The van der Waals surface area contributed by atoms with Crippen molar-refractivity contribution in [1.82, 2.24) is 19.9 Å². The van der Waals surface area contributed by atoms with Crippen LogP contribution in [0.2, 0.25) is 0 Å². The fourth-order valence-corrected chi connectivity index (χ4v) is 3.01. The van der Waals surface area contributed by atoms with E-state index in [9.17, 15) is 0 Å². The summed E-state index contributed by atoms with van der Waals surface area (Å²) in [4.78, 5) is 15.9. The molecular formula is C14H19N5OS. The molecule has 0 amide bonds. The first-order valence-electron chi connectivity index (χ1n) is 6.98. The maximum absolute atomic E-state index is 5.64. The molecule has 7 heteroatoms. The summed E-state index contributed by atoms with van der Waals surface area (Å²) >= 11 is 1.62. The zero-order chi connectivity index (χ0) is 14.7. The standard InChI is InChI=1S/C14H19N5OS/c1-10-5-13(15-2)18-14(17-10)12-7-20-4-3-19(12)6-11-8-21-9-16-11/h5,8-9,12H,3-4,6-7H2,1-2H3,(H,15,17,18)/t12-/m1/s1. The van der Waals surface area contributed by atoms with Gasteiger partial charge in [-0.15, -0.1) is 11.3 Å². The monoisotopic (exact) mass is 305 g/mol. The van der Waals surface area contributed by atoms with Crippen molar-refractivity contribution in [3.05, 3.63) is 34.2 Å². The maximum Gasteiger partial charge on any atom is 0.150 e. The van der Waals surface area contributed by atoms with E-state index < -0.39 is 0 Å². The number of aryl methyl sites for hydroxylation is 1. The second kappa shape index (κ2) is 6.46. The second-order valence-corrected chi connectivity index (χ2v) is 5.76. The summed E-state index contributed by atoms with van der Waals surface area (Å²) in [6.45, 7) is 5.03. The molecule has 0 aromatic carbocycles. The van der Waals surface area contributed by atoms with E-state index in [-0.39, 0.29) is 6.04 Å². The van der Waals surface area contributed by atoms with Crippen LogP contribution in [0.5, 0.6) is 0 Å². The van der Waals surface area contributed by atoms with E-state index in [0.717, 1.165) is 42.7 Å². The van der Waals surface area contributed by atoms with Gasteiger partial charge in [0.1, 0.15) is 11.6 Å². The summed E-state index contributed by atoms with van der Waals surface area (Å²) in [5, 5.41) is 5.17. The molecule has 1 aliphatic heterocycles. The van der Waals surface area contributed by atoms with Gasteiger partial charge < -0.3 is 10.1 Å². The average Bonchev–Trinajstić information content (AvgIpc) is 3.00. The smallest absolute Gasteiger partial charge is 0.150 e. The second-order valence-electron chi connectivity index (χ2n) is 5.04. The molecule has 1 fully saturated rings. The maximum atomic E-state index is 5.64. The van der Waals surface area contributed by atoms with Crippen molar-refractivity contribution in [1.29, 1.82) is 0 Å². The van der Waals surface area contributed by atoms with Crippen LogP contribution in [0.1, 0.15) is 23.3 Å². The molecule has 2 aromatic rings. The van der Waals surface area contributed by atoms with Crippen LogP contribution in [0, 0.1) is 6.92 Å². The van der Waals surface area contributed by atoms with Gasteiger partial charge in [-0.1, -0.05) is 0 Å². The summed E-state index contributed by atoms with van der Waals surface area (Å²) < 4.78 is 5.64. The topological polar surface area (TPSA) is 63.2 Å². The Morgan fingerprint density at radius 2 is 2.38 bits per heavy atom. The molecule has 0 radical (unpaired) electrons. The van der Waals surface area contributed by atoms with Crippen LogP contribution in [-0.2, 0) is 11.3 Å². The van der Waals surface area contributed by atoms with E-state index in [1.807, 2.05) is 25.5 Å². The van der Waals surface area contributed by atoms with Crippen LogP contribution in [0.4, 0.5) is 5.82 Å². The third-order valence-electron chi connectivity index (χ3n) is 3.51. The molecule has 1 atom stereocenters. The van der Waals surface area contributed by atoms with Gasteiger partial charge in [-0.25, -0.2) is 15.0 Å². The van der Waals surface area contributed by atoms with Crippen LogP contribution >= 0.6 is 11.3 Å². The van der Waals surface area contributed by atoms with Gasteiger partial charge in [0, 0.05) is 37.3 Å². The van der Waals surface area contributed by atoms with E-state index >= 15 is 0 Å². The lowest BCUT2D eigenvalue weighted by Gasteiger charge is -2.34. The summed E-state index contributed by atoms with van der Waals surface area (Å²) in [6, 6.07) is 2.02. The normalized spacial score (nSPS) is 19.6. The first kappa shape index (κ1) is 14.4. The van der Waals surface area contributed by atoms with Crippen LogP contribution < -0.4 is 5.32 Å². The van der Waals surface area contributed by atoms with Gasteiger partial charge in [-0.2, -0.15) is 0 Å². The molecule has 6 nitrogen and oxygen atoms in total. The average molecular weight is 305 g/mol. The minimum absolute atomic E-state index is 0.0763. The molecular weight excluding hydrogens is 286 g/mol. The summed E-state index contributed by atoms with van der Waals surface area (Å²) in [5.74, 6) is 1.66. The number of aromatic nitrogens is 3. The van der Waals surface area contributed by atoms with E-state index in [4.69, 9.17) is 4.74 Å². The van der Waals surface area contributed by atoms with Crippen molar-refractivity contribution in [3.63, 3.8) is 0 Å². The molecule has 1 aliphatic rings. The van der Waals surface area contributed by atoms with Crippen molar-refractivity contribution in [2.24, 2.45) is 0 Å². The van der Waals surface area contributed by atoms with E-state index in [1.165, 1.54) is 0 Å². The zero-order valence-electron chi connectivity index (χ0n) is 12.2. The SMILES string of the molecule is CNc1cc(C)nc([C@H]2COCCN2Cc2cscn2)n1. The van der Waals surface area contributed by atoms with Gasteiger partial charge in [0.05, 0.1) is 30.5 Å². The first-order valence-corrected chi connectivity index (χ1v) is 7.92. The van der Waals surface area contributed by atoms with Crippen LogP contribution in [0.15, 0.2) is 17.0 Å². The highest BCUT2D eigenvalue weighted by Crippen LogP contribution is 2.24. The highest BCUT2D eigenvalue weighted by Gasteiger charge is 2.27. The molecule has 0 bridgehead atoms. The quantitative estimate of drug-likeness (QED) is 0.930. The molecule has 0 spiro atoms. The van der Waals surface area contributed by atoms with Crippen molar-refractivity contribution in [3.8, 4) is 0 Å². The van der Waals surface area contributed by atoms with Crippen molar-refractivity contribution >= 4 is 17.2 Å². The Morgan fingerprint density at radius 1 is 1.48 bits per heavy atom. The van der Waals surface area contributed by atoms with E-state index in [0.29, 0.717) is 6.61 Å². The van der Waals surface area contributed by atoms with Gasteiger partial charge >= 0.3 is 0 Å². The Kier molecular flexibility index (Phi) is 4.42. The predicted molar refractivity (Wildman–Crippen MR) is 82.4 cm³/mol. The number of hydrogen-bond acceptors (Lipinski definition) is 7. The minimum Gasteiger partial charge on any atom is -0.378 e. The number of nitrogens with one attached hydrogen (secondary N) is 1. The van der Waals surface area contributed by atoms with Crippen molar-refractivity contribution < 1.29 is 4.74 Å². The number of morpholine rings is 1. The molecule has 3 heterocycles. The minimum atomic E-state index is 0.0763. The third-order valence-corrected chi connectivity index (χ3v) is 4.15. The number of nitrogens with zero attached hydrogens (tertiary/aromatic N) is 4. The Balaban J connectivity index is 1.85. The molecule has 112 valence electrons. The largest absolute Gasteiger partial charge is 0.378 e. The fraction of sp³-hybridized carbons (Fsp3) is 0.500. The van der Waals surface area contributed by atoms with Gasteiger partial charge in [-0.3, -0.25) is 4.90 Å². The highest BCUT2D eigenvalue weighted by molar-refractivity contribution is 7.07. The van der Waals surface area contributed by atoms with Crippen molar-refractivity contribution in [2.75, 3.05) is 32.1 Å². The third kappa shape index (κ3) is 3.37. The number of rotatable bonds is 4. The predicted octanol–water partition coefficient (Wildman–Crippen LogP) is 1.86. The lowest BCUT2D eigenvalue weighted by Crippen LogP contribution is -2.40. The molecule has 0 unspecified atom stereocenters. The molecule has 0 saturated carbocycles. The molecule has 2 aromatic heterocycles. The molecule has 1 saturated heterocycles. The number of thiazole rings is 1. The number of anilines is 1. The summed E-state index contributed by atoms with van der Waals surface area (Å²) in [6.07, 6.45) is 0. The van der Waals surface area contributed by atoms with E-state index in [1.54, 1.807) is 11.3 Å². The lowest BCUT2D eigenvalue weighted by atomic mass is 10.2. The van der Waals surface area contributed by atoms with Gasteiger partial charge in [0.15, 0.2) is 0 Å². The summed E-state index contributed by atoms with van der Waals surface area (Å²) in [7, 11) is 1.87. The van der Waals surface area contributed by atoms with Gasteiger partial charge in [0.25, 0.3) is 0 Å². The Hall–Kier alpha value is -1.57. The van der Waals surface area contributed by atoms with Crippen molar-refractivity contribution in [2.45, 2.75) is 19.5 Å². The van der Waals surface area contributed by atoms with E-state index in [2.05, 4.69) is 30.5 Å². The first-order chi connectivity index (χ1) is 10.3. The summed E-state index contributed by atoms with van der Waals surface area (Å²) in [5.41, 5.74) is 3.92. The van der Waals surface area contributed by atoms with Crippen LogP contribution in [0.3, 0.4) is 0 Å².